The third-order valence-corrected chi connectivity index (χ3v) is 3.56. The summed E-state index contributed by atoms with van der Waals surface area (Å²) in [5.41, 5.74) is 2.04. The second-order valence-corrected chi connectivity index (χ2v) is 5.44. The Morgan fingerprint density at radius 2 is 1.67 bits per heavy atom. The maximum absolute atomic E-state index is 11.5. The number of carbonyl (C=O) groups is 1. The van der Waals surface area contributed by atoms with E-state index in [2.05, 4.69) is 30.6 Å². The minimum atomic E-state index is -0.388. The van der Waals surface area contributed by atoms with Crippen LogP contribution in [0.5, 0.6) is 5.75 Å². The largest absolute Gasteiger partial charge is 0.494 e. The van der Waals surface area contributed by atoms with E-state index in [4.69, 9.17) is 4.74 Å². The Balaban J connectivity index is 1.67. The highest BCUT2D eigenvalue weighted by Crippen LogP contribution is 2.20. The molecule has 138 valence electrons. The van der Waals surface area contributed by atoms with E-state index in [-0.39, 0.29) is 5.97 Å². The van der Waals surface area contributed by atoms with Gasteiger partial charge < -0.3 is 20.1 Å². The molecule has 0 amide bonds. The van der Waals surface area contributed by atoms with Gasteiger partial charge in [0.25, 0.3) is 0 Å². The normalized spacial score (nSPS) is 10.1. The molecule has 0 aliphatic rings. The van der Waals surface area contributed by atoms with Gasteiger partial charge in [-0.1, -0.05) is 0 Å². The van der Waals surface area contributed by atoms with Crippen LogP contribution in [0.2, 0.25) is 0 Å². The monoisotopic (exact) mass is 365 g/mol. The van der Waals surface area contributed by atoms with Crippen LogP contribution in [0.3, 0.4) is 0 Å². The Morgan fingerprint density at radius 3 is 2.33 bits per heavy atom. The molecule has 0 saturated carbocycles. The van der Waals surface area contributed by atoms with Crippen molar-refractivity contribution >= 4 is 29.1 Å². The first-order valence-corrected chi connectivity index (χ1v) is 8.33. The number of carbonyl (C=O) groups excluding carboxylic acids is 1. The van der Waals surface area contributed by atoms with Crippen LogP contribution in [-0.4, -0.2) is 34.9 Å². The molecule has 2 N–H and O–H groups in total. The number of esters is 1. The van der Waals surface area contributed by atoms with E-state index in [0.717, 1.165) is 17.1 Å². The van der Waals surface area contributed by atoms with Crippen molar-refractivity contribution in [2.45, 2.75) is 6.92 Å². The van der Waals surface area contributed by atoms with E-state index in [0.29, 0.717) is 23.9 Å². The molecule has 0 bridgehead atoms. The predicted molar refractivity (Wildman–Crippen MR) is 102 cm³/mol. The highest BCUT2D eigenvalue weighted by molar-refractivity contribution is 5.89. The maximum Gasteiger partial charge on any atom is 0.337 e. The Labute approximate surface area is 156 Å². The molecular weight excluding hydrogens is 346 g/mol. The second kappa shape index (κ2) is 8.61. The predicted octanol–water partition coefficient (Wildman–Crippen LogP) is 3.54. The molecule has 0 atom stereocenters. The average molecular weight is 365 g/mol. The molecule has 1 aromatic heterocycles. The van der Waals surface area contributed by atoms with Gasteiger partial charge in [-0.3, -0.25) is 0 Å². The molecule has 3 rings (SSSR count). The third-order valence-electron chi connectivity index (χ3n) is 3.56. The zero-order valence-electron chi connectivity index (χ0n) is 15.0. The van der Waals surface area contributed by atoms with Crippen molar-refractivity contribution in [3.63, 3.8) is 0 Å². The number of nitrogens with zero attached hydrogens (tertiary/aromatic N) is 3. The number of anilines is 4. The van der Waals surface area contributed by atoms with E-state index in [9.17, 15) is 4.79 Å². The summed E-state index contributed by atoms with van der Waals surface area (Å²) in [5.74, 6) is 1.29. The number of methoxy groups -OCH3 is 1. The summed E-state index contributed by atoms with van der Waals surface area (Å²) in [7, 11) is 1.34. The minimum absolute atomic E-state index is 0.330. The zero-order chi connectivity index (χ0) is 19.1. The molecule has 0 aliphatic carbocycles. The van der Waals surface area contributed by atoms with Crippen LogP contribution in [0.15, 0.2) is 54.7 Å². The fraction of sp³-hybridized carbons (Fsp3) is 0.158. The van der Waals surface area contributed by atoms with Crippen molar-refractivity contribution in [3.05, 3.63) is 60.3 Å². The molecule has 0 saturated heterocycles. The molecule has 3 aromatic rings. The molecular formula is C19H19N5O3. The Morgan fingerprint density at radius 1 is 1.00 bits per heavy atom. The Kier molecular flexibility index (Phi) is 5.78. The third kappa shape index (κ3) is 4.91. The lowest BCUT2D eigenvalue weighted by molar-refractivity contribution is 0.0601. The van der Waals surface area contributed by atoms with Crippen LogP contribution in [0.4, 0.5) is 23.1 Å². The molecule has 0 unspecified atom stereocenters. The van der Waals surface area contributed by atoms with Crippen LogP contribution in [-0.2, 0) is 4.74 Å². The van der Waals surface area contributed by atoms with Crippen molar-refractivity contribution in [1.29, 1.82) is 0 Å². The molecule has 2 aromatic carbocycles. The van der Waals surface area contributed by atoms with Crippen molar-refractivity contribution in [3.8, 4) is 5.75 Å². The number of ether oxygens (including phenoxy) is 2. The highest BCUT2D eigenvalue weighted by Gasteiger charge is 2.06. The summed E-state index contributed by atoms with van der Waals surface area (Å²) in [4.78, 5) is 15.8. The fourth-order valence-corrected chi connectivity index (χ4v) is 2.30. The molecule has 8 heteroatoms. The van der Waals surface area contributed by atoms with E-state index in [1.54, 1.807) is 24.3 Å². The number of hydrogen-bond donors (Lipinski definition) is 2. The van der Waals surface area contributed by atoms with Crippen LogP contribution >= 0.6 is 0 Å². The van der Waals surface area contributed by atoms with Gasteiger partial charge in [-0.15, -0.1) is 5.10 Å². The molecule has 27 heavy (non-hydrogen) atoms. The standard InChI is InChI=1S/C19H19N5O3/c1-3-27-16-10-8-14(9-11-16)21-17-12-20-24-19(23-17)22-15-6-4-13(5-7-15)18(25)26-2/h4-12H,3H2,1-2H3,(H2,21,22,23,24). The summed E-state index contributed by atoms with van der Waals surface area (Å²) in [6, 6.07) is 14.3. The lowest BCUT2D eigenvalue weighted by Crippen LogP contribution is -2.03. The number of rotatable bonds is 7. The van der Waals surface area contributed by atoms with E-state index in [1.807, 2.05) is 31.2 Å². The fourth-order valence-electron chi connectivity index (χ4n) is 2.30. The molecule has 0 fully saturated rings. The van der Waals surface area contributed by atoms with Crippen LogP contribution in [0.25, 0.3) is 0 Å². The van der Waals surface area contributed by atoms with E-state index in [1.165, 1.54) is 13.3 Å². The van der Waals surface area contributed by atoms with Crippen molar-refractivity contribution in [2.24, 2.45) is 0 Å². The maximum atomic E-state index is 11.5. The van der Waals surface area contributed by atoms with Gasteiger partial charge in [0.1, 0.15) is 5.75 Å². The SMILES string of the molecule is CCOc1ccc(Nc2cnnc(Nc3ccc(C(=O)OC)cc3)n2)cc1. The van der Waals surface area contributed by atoms with Crippen molar-refractivity contribution in [1.82, 2.24) is 15.2 Å². The summed E-state index contributed by atoms with van der Waals surface area (Å²) < 4.78 is 10.1. The van der Waals surface area contributed by atoms with Gasteiger partial charge in [0, 0.05) is 11.4 Å². The highest BCUT2D eigenvalue weighted by atomic mass is 16.5. The minimum Gasteiger partial charge on any atom is -0.494 e. The summed E-state index contributed by atoms with van der Waals surface area (Å²) in [5, 5.41) is 14.1. The number of benzene rings is 2. The lowest BCUT2D eigenvalue weighted by Gasteiger charge is -2.09. The van der Waals surface area contributed by atoms with Crippen LogP contribution in [0, 0.1) is 0 Å². The quantitative estimate of drug-likeness (QED) is 0.614. The van der Waals surface area contributed by atoms with Gasteiger partial charge in [0.15, 0.2) is 5.82 Å². The lowest BCUT2D eigenvalue weighted by atomic mass is 10.2. The summed E-state index contributed by atoms with van der Waals surface area (Å²) in [6.07, 6.45) is 1.53. The van der Waals surface area contributed by atoms with Crippen LogP contribution < -0.4 is 15.4 Å². The first-order valence-electron chi connectivity index (χ1n) is 8.33. The molecule has 8 nitrogen and oxygen atoms in total. The number of aromatic nitrogens is 3. The zero-order valence-corrected chi connectivity index (χ0v) is 15.0. The van der Waals surface area contributed by atoms with E-state index < -0.39 is 0 Å². The van der Waals surface area contributed by atoms with Gasteiger partial charge in [0.05, 0.1) is 25.5 Å². The van der Waals surface area contributed by atoms with Gasteiger partial charge in [-0.2, -0.15) is 10.1 Å². The summed E-state index contributed by atoms with van der Waals surface area (Å²) >= 11 is 0. The molecule has 0 aliphatic heterocycles. The van der Waals surface area contributed by atoms with Gasteiger partial charge in [-0.25, -0.2) is 4.79 Å². The van der Waals surface area contributed by atoms with Crippen molar-refractivity contribution in [2.75, 3.05) is 24.4 Å². The first-order chi connectivity index (χ1) is 13.2. The second-order valence-electron chi connectivity index (χ2n) is 5.44. The smallest absolute Gasteiger partial charge is 0.337 e. The first kappa shape index (κ1) is 18.1. The number of nitrogens with one attached hydrogen (secondary N) is 2. The van der Waals surface area contributed by atoms with Gasteiger partial charge in [0.2, 0.25) is 5.95 Å². The molecule has 1 heterocycles. The van der Waals surface area contributed by atoms with E-state index >= 15 is 0 Å². The van der Waals surface area contributed by atoms with Gasteiger partial charge >= 0.3 is 5.97 Å². The summed E-state index contributed by atoms with van der Waals surface area (Å²) in [6.45, 7) is 2.56. The average Bonchev–Trinajstić information content (AvgIpc) is 2.70. The van der Waals surface area contributed by atoms with Crippen LogP contribution in [0.1, 0.15) is 17.3 Å². The van der Waals surface area contributed by atoms with Crippen molar-refractivity contribution < 1.29 is 14.3 Å². The Hall–Kier alpha value is -3.68. The Bertz CT molecular complexity index is 898. The van der Waals surface area contributed by atoms with Gasteiger partial charge in [-0.05, 0) is 55.5 Å². The number of hydrogen-bond acceptors (Lipinski definition) is 8. The topological polar surface area (TPSA) is 98.3 Å². The molecule has 0 radical (unpaired) electrons. The molecule has 0 spiro atoms.